The smallest absolute Gasteiger partial charge is 0.342 e. The molecule has 4 nitrogen and oxygen atoms in total. The summed E-state index contributed by atoms with van der Waals surface area (Å²) in [5, 5.41) is 17.8. The molecule has 0 saturated carbocycles. The van der Waals surface area contributed by atoms with Crippen LogP contribution in [0, 0.1) is 0 Å². The molecule has 0 aromatic rings. The zero-order valence-electron chi connectivity index (χ0n) is 14.8. The van der Waals surface area contributed by atoms with Gasteiger partial charge in [0, 0.05) is 6.42 Å². The molecule has 1 atom stereocenters. The molecule has 0 fully saturated rings. The maximum atomic E-state index is 10.7. The molecule has 0 saturated heterocycles. The quantitative estimate of drug-likeness (QED) is 0.152. The van der Waals surface area contributed by atoms with Gasteiger partial charge in [-0.25, -0.2) is 4.79 Å². The predicted octanol–water partition coefficient (Wildman–Crippen LogP) is 5.12. The highest BCUT2D eigenvalue weighted by Crippen LogP contribution is 2.02. The monoisotopic (exact) mass is 336 g/mol. The van der Waals surface area contributed by atoms with Crippen molar-refractivity contribution in [2.24, 2.45) is 0 Å². The molecule has 0 aromatic carbocycles. The van der Waals surface area contributed by atoms with E-state index in [1.165, 1.54) is 19.3 Å². The maximum absolute atomic E-state index is 10.7. The molecule has 0 rings (SSSR count). The summed E-state index contributed by atoms with van der Waals surface area (Å²) in [4.78, 5) is 14.2. The summed E-state index contributed by atoms with van der Waals surface area (Å²) in [5.74, 6) is -0.617. The van der Waals surface area contributed by atoms with E-state index in [9.17, 15) is 9.90 Å². The number of unbranched alkanes of at least 4 members (excludes halogenated alkanes) is 4. The van der Waals surface area contributed by atoms with Crippen molar-refractivity contribution in [3.05, 3.63) is 48.6 Å². The van der Waals surface area contributed by atoms with Crippen molar-refractivity contribution in [2.45, 2.75) is 70.8 Å². The summed E-state index contributed by atoms with van der Waals surface area (Å²) in [5.41, 5.74) is 0. The van der Waals surface area contributed by atoms with Crippen LogP contribution in [-0.4, -0.2) is 22.4 Å². The SMILES string of the molecule is CCCCCC=CCC=CC=CC(O)CC=CCCCC(=O)OO. The molecule has 0 radical (unpaired) electrons. The number of allylic oxidation sites excluding steroid dienone is 6. The molecule has 0 aliphatic carbocycles. The Kier molecular flexibility index (Phi) is 16.5. The van der Waals surface area contributed by atoms with Crippen LogP contribution in [0.4, 0.5) is 0 Å². The normalized spacial score (nSPS) is 13.6. The third-order valence-electron chi connectivity index (χ3n) is 3.39. The molecule has 0 heterocycles. The minimum absolute atomic E-state index is 0.196. The number of carbonyl (C=O) groups is 1. The van der Waals surface area contributed by atoms with E-state index in [1.54, 1.807) is 6.08 Å². The van der Waals surface area contributed by atoms with Gasteiger partial charge < -0.3 is 9.99 Å². The molecule has 0 aliphatic heterocycles. The van der Waals surface area contributed by atoms with E-state index in [4.69, 9.17) is 5.26 Å². The number of rotatable bonds is 14. The Bertz CT molecular complexity index is 408. The summed E-state index contributed by atoms with van der Waals surface area (Å²) >= 11 is 0. The Hall–Kier alpha value is -1.65. The molecule has 0 bridgehead atoms. The second-order valence-electron chi connectivity index (χ2n) is 5.65. The van der Waals surface area contributed by atoms with E-state index in [0.29, 0.717) is 12.8 Å². The molecule has 0 amide bonds. The Morgan fingerprint density at radius 3 is 2.50 bits per heavy atom. The van der Waals surface area contributed by atoms with Gasteiger partial charge in [0.05, 0.1) is 6.10 Å². The Morgan fingerprint density at radius 1 is 1.00 bits per heavy atom. The summed E-state index contributed by atoms with van der Waals surface area (Å²) in [7, 11) is 0. The van der Waals surface area contributed by atoms with Crippen molar-refractivity contribution in [3.8, 4) is 0 Å². The van der Waals surface area contributed by atoms with Crippen LogP contribution in [0.15, 0.2) is 48.6 Å². The fourth-order valence-corrected chi connectivity index (χ4v) is 2.00. The molecule has 4 heteroatoms. The fourth-order valence-electron chi connectivity index (χ4n) is 2.00. The van der Waals surface area contributed by atoms with Crippen LogP contribution in [0.2, 0.25) is 0 Å². The summed E-state index contributed by atoms with van der Waals surface area (Å²) in [6.07, 6.45) is 23.3. The van der Waals surface area contributed by atoms with Gasteiger partial charge in [0.25, 0.3) is 0 Å². The first-order chi connectivity index (χ1) is 11.7. The predicted molar refractivity (Wildman–Crippen MR) is 98.5 cm³/mol. The Morgan fingerprint density at radius 2 is 1.75 bits per heavy atom. The minimum atomic E-state index is -0.617. The van der Waals surface area contributed by atoms with Crippen molar-refractivity contribution in [1.82, 2.24) is 0 Å². The van der Waals surface area contributed by atoms with Crippen LogP contribution >= 0.6 is 0 Å². The summed E-state index contributed by atoms with van der Waals surface area (Å²) in [6, 6.07) is 0. The maximum Gasteiger partial charge on any atom is 0.342 e. The Balaban J connectivity index is 3.64. The number of aliphatic hydroxyl groups is 1. The van der Waals surface area contributed by atoms with Crippen LogP contribution in [-0.2, 0) is 9.68 Å². The summed E-state index contributed by atoms with van der Waals surface area (Å²) in [6.45, 7) is 2.21. The van der Waals surface area contributed by atoms with E-state index >= 15 is 0 Å². The van der Waals surface area contributed by atoms with Gasteiger partial charge in [0.2, 0.25) is 0 Å². The van der Waals surface area contributed by atoms with Gasteiger partial charge in [-0.15, -0.1) is 0 Å². The molecule has 0 aliphatic rings. The first kappa shape index (κ1) is 22.4. The van der Waals surface area contributed by atoms with Crippen molar-refractivity contribution >= 4 is 5.97 Å². The van der Waals surface area contributed by atoms with Crippen LogP contribution in [0.1, 0.15) is 64.7 Å². The third kappa shape index (κ3) is 16.7. The average Bonchev–Trinajstić information content (AvgIpc) is 2.59. The average molecular weight is 336 g/mol. The molecule has 0 aromatic heterocycles. The van der Waals surface area contributed by atoms with Gasteiger partial charge in [-0.1, -0.05) is 68.4 Å². The van der Waals surface area contributed by atoms with Crippen LogP contribution < -0.4 is 0 Å². The van der Waals surface area contributed by atoms with Crippen LogP contribution in [0.3, 0.4) is 0 Å². The summed E-state index contributed by atoms with van der Waals surface area (Å²) < 4.78 is 0. The van der Waals surface area contributed by atoms with E-state index in [0.717, 1.165) is 19.3 Å². The number of aliphatic hydroxyl groups excluding tert-OH is 1. The van der Waals surface area contributed by atoms with E-state index in [1.807, 2.05) is 24.3 Å². The first-order valence-corrected chi connectivity index (χ1v) is 8.86. The molecule has 0 spiro atoms. The van der Waals surface area contributed by atoms with Crippen molar-refractivity contribution in [3.63, 3.8) is 0 Å². The van der Waals surface area contributed by atoms with Crippen molar-refractivity contribution in [2.75, 3.05) is 0 Å². The molecular weight excluding hydrogens is 304 g/mol. The van der Waals surface area contributed by atoms with Gasteiger partial charge in [0.15, 0.2) is 0 Å². The van der Waals surface area contributed by atoms with Gasteiger partial charge >= 0.3 is 5.97 Å². The highest BCUT2D eigenvalue weighted by atomic mass is 17.1. The second-order valence-corrected chi connectivity index (χ2v) is 5.65. The number of hydrogen-bond donors (Lipinski definition) is 2. The van der Waals surface area contributed by atoms with Gasteiger partial charge in [0.1, 0.15) is 0 Å². The lowest BCUT2D eigenvalue weighted by atomic mass is 10.2. The highest BCUT2D eigenvalue weighted by molar-refractivity contribution is 5.68. The molecule has 136 valence electrons. The second kappa shape index (κ2) is 17.7. The minimum Gasteiger partial charge on any atom is -0.389 e. The number of carbonyl (C=O) groups excluding carboxylic acids is 1. The topological polar surface area (TPSA) is 66.8 Å². The Labute approximate surface area is 146 Å². The van der Waals surface area contributed by atoms with E-state index in [2.05, 4.69) is 30.0 Å². The molecule has 1 unspecified atom stereocenters. The lowest BCUT2D eigenvalue weighted by molar-refractivity contribution is -0.234. The molecule has 24 heavy (non-hydrogen) atoms. The van der Waals surface area contributed by atoms with Gasteiger partial charge in [-0.3, -0.25) is 0 Å². The van der Waals surface area contributed by atoms with Gasteiger partial charge in [-0.2, -0.15) is 5.26 Å². The highest BCUT2D eigenvalue weighted by Gasteiger charge is 1.99. The van der Waals surface area contributed by atoms with E-state index < -0.39 is 12.1 Å². The van der Waals surface area contributed by atoms with Crippen molar-refractivity contribution in [1.29, 1.82) is 0 Å². The molecular formula is C20H32O4. The zero-order chi connectivity index (χ0) is 17.9. The lowest BCUT2D eigenvalue weighted by Gasteiger charge is -1.99. The van der Waals surface area contributed by atoms with Crippen LogP contribution in [0.25, 0.3) is 0 Å². The molecule has 2 N–H and O–H groups in total. The largest absolute Gasteiger partial charge is 0.389 e. The zero-order valence-corrected chi connectivity index (χ0v) is 14.8. The van der Waals surface area contributed by atoms with Crippen molar-refractivity contribution < 1.29 is 20.0 Å². The third-order valence-corrected chi connectivity index (χ3v) is 3.39. The van der Waals surface area contributed by atoms with Gasteiger partial charge in [-0.05, 0) is 38.5 Å². The lowest BCUT2D eigenvalue weighted by Crippen LogP contribution is -2.00. The van der Waals surface area contributed by atoms with Crippen LogP contribution in [0.5, 0.6) is 0 Å². The fraction of sp³-hybridized carbons (Fsp3) is 0.550. The van der Waals surface area contributed by atoms with E-state index in [-0.39, 0.29) is 6.42 Å². The number of hydrogen-bond acceptors (Lipinski definition) is 4. The standard InChI is InChI=1S/C20H32O4/c1-2-3-4-5-6-7-8-9-10-13-16-19(21)17-14-11-12-15-18-20(22)24-23/h6-7,9-11,13-14,16,19,21,23H,2-5,8,12,15,17-18H2,1H3. The first-order valence-electron chi connectivity index (χ1n) is 8.86.